The van der Waals surface area contributed by atoms with Crippen LogP contribution in [0.4, 0.5) is 5.69 Å². The maximum atomic E-state index is 11.5. The van der Waals surface area contributed by atoms with E-state index in [1.54, 1.807) is 0 Å². The largest absolute Gasteiger partial charge is 0.326 e. The summed E-state index contributed by atoms with van der Waals surface area (Å²) in [6.45, 7) is 6.21. The number of carbonyl (C=O) groups excluding carboxylic acids is 1. The van der Waals surface area contributed by atoms with Crippen molar-refractivity contribution in [1.82, 2.24) is 0 Å². The van der Waals surface area contributed by atoms with Crippen LogP contribution in [0.15, 0.2) is 36.4 Å². The Morgan fingerprint density at radius 2 is 1.94 bits per heavy atom. The summed E-state index contributed by atoms with van der Waals surface area (Å²) < 4.78 is 0. The number of nitrogens with one attached hydrogen (secondary N) is 1. The third-order valence-corrected chi connectivity index (χ3v) is 3.12. The minimum atomic E-state index is 0.0555. The van der Waals surface area contributed by atoms with Gasteiger partial charge in [0.15, 0.2) is 0 Å². The van der Waals surface area contributed by atoms with Crippen LogP contribution in [0.3, 0.4) is 0 Å². The Morgan fingerprint density at radius 3 is 2.61 bits per heavy atom. The first-order valence-electron chi connectivity index (χ1n) is 6.44. The minimum absolute atomic E-state index is 0.0555. The van der Waals surface area contributed by atoms with E-state index in [4.69, 9.17) is 0 Å². The number of hydrogen-bond donors (Lipinski definition) is 1. The smallest absolute Gasteiger partial charge is 0.224 e. The molecule has 94 valence electrons. The van der Waals surface area contributed by atoms with Gasteiger partial charge in [0.25, 0.3) is 0 Å². The Kier molecular flexibility index (Phi) is 3.66. The number of amides is 1. The molecule has 2 aromatic carbocycles. The van der Waals surface area contributed by atoms with Gasteiger partial charge in [-0.3, -0.25) is 4.79 Å². The third kappa shape index (κ3) is 2.53. The van der Waals surface area contributed by atoms with Crippen molar-refractivity contribution in [2.45, 2.75) is 33.1 Å². The van der Waals surface area contributed by atoms with Crippen molar-refractivity contribution in [3.63, 3.8) is 0 Å². The molecule has 0 saturated heterocycles. The highest BCUT2D eigenvalue weighted by Crippen LogP contribution is 2.29. The van der Waals surface area contributed by atoms with Gasteiger partial charge in [0, 0.05) is 12.1 Å². The van der Waals surface area contributed by atoms with Crippen LogP contribution in [0.1, 0.15) is 38.7 Å². The first-order valence-corrected chi connectivity index (χ1v) is 6.44. The molecule has 2 rings (SSSR count). The maximum Gasteiger partial charge on any atom is 0.224 e. The molecule has 1 N–H and O–H groups in total. The summed E-state index contributed by atoms with van der Waals surface area (Å²) >= 11 is 0. The van der Waals surface area contributed by atoms with Gasteiger partial charge in [-0.25, -0.2) is 0 Å². The van der Waals surface area contributed by atoms with Crippen LogP contribution in [0.2, 0.25) is 0 Å². The average molecular weight is 241 g/mol. The molecule has 0 bridgehead atoms. The number of benzene rings is 2. The average Bonchev–Trinajstić information content (AvgIpc) is 2.37. The molecule has 18 heavy (non-hydrogen) atoms. The summed E-state index contributed by atoms with van der Waals surface area (Å²) in [6, 6.07) is 12.4. The van der Waals surface area contributed by atoms with Gasteiger partial charge in [0.1, 0.15) is 0 Å². The lowest BCUT2D eigenvalue weighted by molar-refractivity contribution is -0.115. The second-order valence-electron chi connectivity index (χ2n) is 4.84. The fraction of sp³-hybridized carbons (Fsp3) is 0.312. The van der Waals surface area contributed by atoms with E-state index in [0.717, 1.165) is 5.69 Å². The second-order valence-corrected chi connectivity index (χ2v) is 4.84. The lowest BCUT2D eigenvalue weighted by Gasteiger charge is -2.13. The van der Waals surface area contributed by atoms with Crippen molar-refractivity contribution in [2.75, 3.05) is 5.32 Å². The lowest BCUT2D eigenvalue weighted by Crippen LogP contribution is -2.09. The highest BCUT2D eigenvalue weighted by atomic mass is 16.1. The normalized spacial score (nSPS) is 10.9. The van der Waals surface area contributed by atoms with Crippen molar-refractivity contribution in [3.8, 4) is 0 Å². The van der Waals surface area contributed by atoms with Crippen LogP contribution in [-0.4, -0.2) is 5.91 Å². The Morgan fingerprint density at radius 1 is 1.22 bits per heavy atom. The summed E-state index contributed by atoms with van der Waals surface area (Å²) in [4.78, 5) is 11.5. The zero-order valence-corrected chi connectivity index (χ0v) is 11.2. The molecule has 0 unspecified atom stereocenters. The van der Waals surface area contributed by atoms with E-state index in [1.165, 1.54) is 16.3 Å². The van der Waals surface area contributed by atoms with E-state index in [2.05, 4.69) is 43.4 Å². The molecule has 0 aromatic heterocycles. The molecule has 2 aromatic rings. The molecule has 0 heterocycles. The topological polar surface area (TPSA) is 29.1 Å². The summed E-state index contributed by atoms with van der Waals surface area (Å²) in [5.74, 6) is 0.494. The molecule has 1 amide bonds. The molecule has 2 nitrogen and oxygen atoms in total. The van der Waals surface area contributed by atoms with Crippen LogP contribution in [0.25, 0.3) is 10.8 Å². The highest BCUT2D eigenvalue weighted by molar-refractivity contribution is 5.95. The first-order chi connectivity index (χ1) is 8.61. The summed E-state index contributed by atoms with van der Waals surface area (Å²) in [7, 11) is 0. The zero-order valence-electron chi connectivity index (χ0n) is 11.2. The highest BCUT2D eigenvalue weighted by Gasteiger charge is 2.08. The number of hydrogen-bond acceptors (Lipinski definition) is 1. The van der Waals surface area contributed by atoms with E-state index in [1.807, 2.05) is 19.1 Å². The van der Waals surface area contributed by atoms with Gasteiger partial charge in [-0.05, 0) is 34.4 Å². The first kappa shape index (κ1) is 12.6. The van der Waals surface area contributed by atoms with Crippen molar-refractivity contribution < 1.29 is 4.79 Å². The Labute approximate surface area is 108 Å². The number of fused-ring (bicyclic) bond motifs is 1. The van der Waals surface area contributed by atoms with Gasteiger partial charge in [-0.1, -0.05) is 45.0 Å². The minimum Gasteiger partial charge on any atom is -0.326 e. The fourth-order valence-electron chi connectivity index (χ4n) is 2.14. The SMILES string of the molecule is CCC(=O)Nc1cc(C(C)C)c2ccccc2c1. The fourth-order valence-corrected chi connectivity index (χ4v) is 2.14. The second kappa shape index (κ2) is 5.21. The molecule has 0 atom stereocenters. The predicted molar refractivity (Wildman–Crippen MR) is 77.0 cm³/mol. The van der Waals surface area contributed by atoms with Gasteiger partial charge in [-0.15, -0.1) is 0 Å². The van der Waals surface area contributed by atoms with Crippen molar-refractivity contribution in [2.24, 2.45) is 0 Å². The van der Waals surface area contributed by atoms with Gasteiger partial charge in [0.2, 0.25) is 5.91 Å². The number of anilines is 1. The molecule has 0 aliphatic heterocycles. The molecule has 0 radical (unpaired) electrons. The summed E-state index contributed by atoms with van der Waals surface area (Å²) in [5, 5.41) is 5.38. The lowest BCUT2D eigenvalue weighted by atomic mass is 9.95. The predicted octanol–water partition coefficient (Wildman–Crippen LogP) is 4.31. The molecule has 2 heteroatoms. The van der Waals surface area contributed by atoms with Crippen LogP contribution in [-0.2, 0) is 4.79 Å². The monoisotopic (exact) mass is 241 g/mol. The molecule has 0 saturated carbocycles. The maximum absolute atomic E-state index is 11.5. The number of rotatable bonds is 3. The zero-order chi connectivity index (χ0) is 13.1. The van der Waals surface area contributed by atoms with Crippen LogP contribution >= 0.6 is 0 Å². The molecule has 0 aliphatic rings. The molecule has 0 spiro atoms. The van der Waals surface area contributed by atoms with E-state index >= 15 is 0 Å². The molecule has 0 aliphatic carbocycles. The van der Waals surface area contributed by atoms with Crippen molar-refractivity contribution in [3.05, 3.63) is 42.0 Å². The Hall–Kier alpha value is -1.83. The van der Waals surface area contributed by atoms with Crippen molar-refractivity contribution >= 4 is 22.4 Å². The third-order valence-electron chi connectivity index (χ3n) is 3.12. The Balaban J connectivity index is 2.53. The van der Waals surface area contributed by atoms with E-state index in [0.29, 0.717) is 12.3 Å². The molecular weight excluding hydrogens is 222 g/mol. The Bertz CT molecular complexity index is 572. The quantitative estimate of drug-likeness (QED) is 0.852. The van der Waals surface area contributed by atoms with E-state index < -0.39 is 0 Å². The molecule has 0 fully saturated rings. The van der Waals surface area contributed by atoms with Gasteiger partial charge in [-0.2, -0.15) is 0 Å². The van der Waals surface area contributed by atoms with Gasteiger partial charge in [0.05, 0.1) is 0 Å². The van der Waals surface area contributed by atoms with Crippen LogP contribution in [0.5, 0.6) is 0 Å². The summed E-state index contributed by atoms with van der Waals surface area (Å²) in [5.41, 5.74) is 2.17. The van der Waals surface area contributed by atoms with E-state index in [-0.39, 0.29) is 5.91 Å². The van der Waals surface area contributed by atoms with Crippen LogP contribution < -0.4 is 5.32 Å². The summed E-state index contributed by atoms with van der Waals surface area (Å²) in [6.07, 6.45) is 0.504. The standard InChI is InChI=1S/C16H19NO/c1-4-16(18)17-13-9-12-7-5-6-8-14(12)15(10-13)11(2)3/h5-11H,4H2,1-3H3,(H,17,18). The van der Waals surface area contributed by atoms with Gasteiger partial charge >= 0.3 is 0 Å². The van der Waals surface area contributed by atoms with Crippen LogP contribution in [0, 0.1) is 0 Å². The van der Waals surface area contributed by atoms with Gasteiger partial charge < -0.3 is 5.32 Å². The van der Waals surface area contributed by atoms with E-state index in [9.17, 15) is 4.79 Å². The number of carbonyl (C=O) groups is 1. The molecular formula is C16H19NO. The van der Waals surface area contributed by atoms with Crippen molar-refractivity contribution in [1.29, 1.82) is 0 Å².